The summed E-state index contributed by atoms with van der Waals surface area (Å²) < 4.78 is 21.5. The van der Waals surface area contributed by atoms with Crippen molar-refractivity contribution in [3.05, 3.63) is 42.2 Å². The van der Waals surface area contributed by atoms with Crippen molar-refractivity contribution >= 4 is 11.6 Å². The Balaban J connectivity index is 2.04. The molecule has 32 heavy (non-hydrogen) atoms. The molecular formula is C23H27N3O6. The zero-order valence-electron chi connectivity index (χ0n) is 18.6. The van der Waals surface area contributed by atoms with E-state index in [2.05, 4.69) is 10.5 Å². The van der Waals surface area contributed by atoms with Crippen molar-refractivity contribution in [3.8, 4) is 39.6 Å². The van der Waals surface area contributed by atoms with E-state index in [1.54, 1.807) is 26.4 Å². The maximum atomic E-state index is 12.4. The van der Waals surface area contributed by atoms with E-state index in [0.717, 1.165) is 16.7 Å². The molecule has 0 fully saturated rings. The molecule has 0 saturated heterocycles. The van der Waals surface area contributed by atoms with E-state index in [4.69, 9.17) is 24.5 Å². The Morgan fingerprint density at radius 2 is 1.81 bits per heavy atom. The van der Waals surface area contributed by atoms with Gasteiger partial charge in [0, 0.05) is 11.1 Å². The van der Waals surface area contributed by atoms with Gasteiger partial charge < -0.3 is 34.9 Å². The Morgan fingerprint density at radius 1 is 1.09 bits per heavy atom. The number of hydrogen-bond acceptors (Lipinski definition) is 8. The largest absolute Gasteiger partial charge is 0.495 e. The quantitative estimate of drug-likeness (QED) is 0.487. The summed E-state index contributed by atoms with van der Waals surface area (Å²) in [7, 11) is 4.65. The molecule has 4 N–H and O–H groups in total. The standard InChI is InChI=1S/C23H27N3O6/c1-12-8-15(10-19(30-4)22(12)31-5)21-16(11-32-26-21)14-6-7-18(29-3)17(9-14)25-23(28)20(24)13(2)27/h6-11,13,20,27H,24H2,1-5H3,(H,25,28). The van der Waals surface area contributed by atoms with Crippen LogP contribution in [0.5, 0.6) is 17.2 Å². The molecule has 0 spiro atoms. The lowest BCUT2D eigenvalue weighted by Crippen LogP contribution is -2.43. The van der Waals surface area contributed by atoms with Crippen LogP contribution in [0.25, 0.3) is 22.4 Å². The molecule has 1 amide bonds. The number of hydrogen-bond donors (Lipinski definition) is 3. The summed E-state index contributed by atoms with van der Waals surface area (Å²) >= 11 is 0. The van der Waals surface area contributed by atoms with Crippen molar-refractivity contribution in [1.29, 1.82) is 0 Å². The number of aliphatic hydroxyl groups excluding tert-OH is 1. The first-order chi connectivity index (χ1) is 15.3. The van der Waals surface area contributed by atoms with E-state index < -0.39 is 18.1 Å². The Hall–Kier alpha value is -3.56. The predicted octanol–water partition coefficient (Wildman–Crippen LogP) is 2.99. The van der Waals surface area contributed by atoms with E-state index in [9.17, 15) is 9.90 Å². The molecule has 170 valence electrons. The van der Waals surface area contributed by atoms with Crippen LogP contribution in [0.2, 0.25) is 0 Å². The molecule has 0 saturated carbocycles. The molecule has 2 unspecified atom stereocenters. The molecule has 3 rings (SSSR count). The second kappa shape index (κ2) is 9.71. The smallest absolute Gasteiger partial charge is 0.244 e. The third-order valence-corrected chi connectivity index (χ3v) is 5.10. The maximum absolute atomic E-state index is 12.4. The summed E-state index contributed by atoms with van der Waals surface area (Å²) in [6.07, 6.45) is 0.526. The molecule has 0 aliphatic carbocycles. The highest BCUT2D eigenvalue weighted by molar-refractivity contribution is 5.97. The highest BCUT2D eigenvalue weighted by Crippen LogP contribution is 2.40. The van der Waals surface area contributed by atoms with Gasteiger partial charge in [0.2, 0.25) is 5.91 Å². The van der Waals surface area contributed by atoms with Crippen molar-refractivity contribution in [2.45, 2.75) is 26.0 Å². The summed E-state index contributed by atoms with van der Waals surface area (Å²) in [5.41, 5.74) is 9.84. The van der Waals surface area contributed by atoms with E-state index in [0.29, 0.717) is 34.2 Å². The van der Waals surface area contributed by atoms with Crippen LogP contribution in [0.4, 0.5) is 5.69 Å². The first-order valence-corrected chi connectivity index (χ1v) is 9.91. The molecule has 1 aromatic heterocycles. The van der Waals surface area contributed by atoms with Gasteiger partial charge in [-0.1, -0.05) is 11.2 Å². The van der Waals surface area contributed by atoms with Gasteiger partial charge in [-0.15, -0.1) is 0 Å². The number of amides is 1. The number of carbonyl (C=O) groups excluding carboxylic acids is 1. The van der Waals surface area contributed by atoms with Gasteiger partial charge in [0.15, 0.2) is 11.5 Å². The molecule has 0 radical (unpaired) electrons. The van der Waals surface area contributed by atoms with Crippen LogP contribution in [0.3, 0.4) is 0 Å². The van der Waals surface area contributed by atoms with Crippen LogP contribution in [0.1, 0.15) is 12.5 Å². The molecular weight excluding hydrogens is 414 g/mol. The minimum Gasteiger partial charge on any atom is -0.495 e. The van der Waals surface area contributed by atoms with Crippen LogP contribution in [-0.2, 0) is 4.79 Å². The van der Waals surface area contributed by atoms with Gasteiger partial charge in [-0.25, -0.2) is 0 Å². The molecule has 2 aromatic carbocycles. The van der Waals surface area contributed by atoms with Gasteiger partial charge in [0.1, 0.15) is 23.7 Å². The van der Waals surface area contributed by atoms with Gasteiger partial charge in [0.05, 0.1) is 33.1 Å². The van der Waals surface area contributed by atoms with Crippen molar-refractivity contribution in [2.75, 3.05) is 26.6 Å². The minimum absolute atomic E-state index is 0.404. The molecule has 2 atom stereocenters. The number of carbonyl (C=O) groups is 1. The van der Waals surface area contributed by atoms with E-state index in [1.165, 1.54) is 20.3 Å². The molecule has 9 nitrogen and oxygen atoms in total. The number of nitrogens with zero attached hydrogens (tertiary/aromatic N) is 1. The summed E-state index contributed by atoms with van der Waals surface area (Å²) in [5, 5.41) is 16.5. The number of benzene rings is 2. The fraction of sp³-hybridized carbons (Fsp3) is 0.304. The van der Waals surface area contributed by atoms with Gasteiger partial charge in [-0.3, -0.25) is 4.79 Å². The summed E-state index contributed by atoms with van der Waals surface area (Å²) in [4.78, 5) is 12.4. The number of aromatic nitrogens is 1. The average molecular weight is 441 g/mol. The first-order valence-electron chi connectivity index (χ1n) is 9.91. The fourth-order valence-corrected chi connectivity index (χ4v) is 3.35. The molecule has 3 aromatic rings. The molecule has 0 aliphatic rings. The highest BCUT2D eigenvalue weighted by Gasteiger charge is 2.22. The van der Waals surface area contributed by atoms with Gasteiger partial charge in [-0.05, 0) is 49.2 Å². The number of nitrogens with two attached hydrogens (primary N) is 1. The average Bonchev–Trinajstić information content (AvgIpc) is 3.27. The van der Waals surface area contributed by atoms with Gasteiger partial charge in [-0.2, -0.15) is 0 Å². The Morgan fingerprint density at radius 3 is 2.44 bits per heavy atom. The zero-order valence-corrected chi connectivity index (χ0v) is 18.6. The zero-order chi connectivity index (χ0) is 23.4. The Bertz CT molecular complexity index is 1110. The lowest BCUT2D eigenvalue weighted by Gasteiger charge is -2.17. The normalized spacial score (nSPS) is 12.7. The number of nitrogens with one attached hydrogen (secondary N) is 1. The molecule has 9 heteroatoms. The van der Waals surface area contributed by atoms with Crippen LogP contribution in [-0.4, -0.2) is 49.6 Å². The fourth-order valence-electron chi connectivity index (χ4n) is 3.35. The second-order valence-electron chi connectivity index (χ2n) is 7.28. The number of aliphatic hydroxyl groups is 1. The van der Waals surface area contributed by atoms with Crippen LogP contribution < -0.4 is 25.3 Å². The van der Waals surface area contributed by atoms with Crippen molar-refractivity contribution in [1.82, 2.24) is 5.16 Å². The number of rotatable bonds is 8. The Labute approximate surface area is 186 Å². The summed E-state index contributed by atoms with van der Waals surface area (Å²) in [5.74, 6) is 1.13. The Kier molecular flexibility index (Phi) is 7.01. The maximum Gasteiger partial charge on any atom is 0.244 e. The predicted molar refractivity (Wildman–Crippen MR) is 120 cm³/mol. The first kappa shape index (κ1) is 23.1. The number of ether oxygens (including phenoxy) is 3. The van der Waals surface area contributed by atoms with Crippen molar-refractivity contribution < 1.29 is 28.6 Å². The molecule has 1 heterocycles. The third-order valence-electron chi connectivity index (χ3n) is 5.10. The third kappa shape index (κ3) is 4.53. The molecule has 0 aliphatic heterocycles. The number of methoxy groups -OCH3 is 3. The number of aryl methyl sites for hydroxylation is 1. The van der Waals surface area contributed by atoms with Crippen LogP contribution in [0.15, 0.2) is 41.1 Å². The summed E-state index contributed by atoms with van der Waals surface area (Å²) in [6, 6.07) is 7.94. The van der Waals surface area contributed by atoms with E-state index in [-0.39, 0.29) is 0 Å². The monoisotopic (exact) mass is 441 g/mol. The van der Waals surface area contributed by atoms with Crippen LogP contribution >= 0.6 is 0 Å². The number of anilines is 1. The minimum atomic E-state index is -1.08. The SMILES string of the molecule is COc1ccc(-c2conc2-c2cc(C)c(OC)c(OC)c2)cc1NC(=O)C(N)C(C)O. The summed E-state index contributed by atoms with van der Waals surface area (Å²) in [6.45, 7) is 3.36. The van der Waals surface area contributed by atoms with Gasteiger partial charge >= 0.3 is 0 Å². The van der Waals surface area contributed by atoms with E-state index >= 15 is 0 Å². The second-order valence-corrected chi connectivity index (χ2v) is 7.28. The topological polar surface area (TPSA) is 129 Å². The molecule has 0 bridgehead atoms. The van der Waals surface area contributed by atoms with Crippen LogP contribution in [0, 0.1) is 6.92 Å². The lowest BCUT2D eigenvalue weighted by molar-refractivity contribution is -0.119. The lowest BCUT2D eigenvalue weighted by atomic mass is 9.99. The highest BCUT2D eigenvalue weighted by atomic mass is 16.5. The van der Waals surface area contributed by atoms with Gasteiger partial charge in [0.25, 0.3) is 0 Å². The van der Waals surface area contributed by atoms with Crippen molar-refractivity contribution in [3.63, 3.8) is 0 Å². The van der Waals surface area contributed by atoms with E-state index in [1.807, 2.05) is 25.1 Å². The van der Waals surface area contributed by atoms with Crippen molar-refractivity contribution in [2.24, 2.45) is 5.73 Å².